The number of nitrogens with zero attached hydrogens (tertiary/aromatic N) is 3. The fourth-order valence-electron chi connectivity index (χ4n) is 1.61. The lowest BCUT2D eigenvalue weighted by atomic mass is 10.2. The van der Waals surface area contributed by atoms with E-state index in [9.17, 15) is 4.79 Å². The molecule has 94 valence electrons. The van der Waals surface area contributed by atoms with Crippen LogP contribution in [0.1, 0.15) is 21.7 Å². The van der Waals surface area contributed by atoms with Crippen LogP contribution in [0.3, 0.4) is 0 Å². The van der Waals surface area contributed by atoms with Crippen LogP contribution >= 0.6 is 0 Å². The Bertz CT molecular complexity index is 585. The van der Waals surface area contributed by atoms with Gasteiger partial charge in [0.15, 0.2) is 5.82 Å². The topological polar surface area (TPSA) is 80.0 Å². The fraction of sp³-hybridized carbons (Fsp3) is 0.250. The maximum atomic E-state index is 10.9. The van der Waals surface area contributed by atoms with Crippen molar-refractivity contribution in [3.63, 3.8) is 0 Å². The number of aryl methyl sites for hydroxylation is 3. The molecule has 0 bridgehead atoms. The second-order valence-corrected chi connectivity index (χ2v) is 4.05. The summed E-state index contributed by atoms with van der Waals surface area (Å²) in [6, 6.07) is 5.05. The molecule has 0 amide bonds. The fourth-order valence-corrected chi connectivity index (χ4v) is 1.61. The molecule has 6 nitrogen and oxygen atoms in total. The zero-order chi connectivity index (χ0) is 13.3. The zero-order valence-electron chi connectivity index (χ0n) is 10.4. The van der Waals surface area contributed by atoms with Crippen LogP contribution in [0.25, 0.3) is 0 Å². The number of carboxylic acid groups (broad SMARTS) is 1. The molecule has 0 atom stereocenters. The van der Waals surface area contributed by atoms with E-state index in [1.54, 1.807) is 17.7 Å². The van der Waals surface area contributed by atoms with Gasteiger partial charge < -0.3 is 10.4 Å². The highest BCUT2D eigenvalue weighted by Gasteiger charge is 2.09. The Kier molecular flexibility index (Phi) is 3.01. The molecule has 2 aromatic rings. The van der Waals surface area contributed by atoms with Gasteiger partial charge >= 0.3 is 5.97 Å². The molecule has 0 radical (unpaired) electrons. The molecule has 6 heteroatoms. The number of rotatable bonds is 3. The molecule has 0 saturated carbocycles. The summed E-state index contributed by atoms with van der Waals surface area (Å²) in [6.45, 7) is 3.61. The molecule has 0 aromatic carbocycles. The summed E-state index contributed by atoms with van der Waals surface area (Å²) in [5.74, 6) is 0.292. The Morgan fingerprint density at radius 1 is 1.33 bits per heavy atom. The van der Waals surface area contributed by atoms with Crippen LogP contribution in [-0.2, 0) is 7.05 Å². The Morgan fingerprint density at radius 3 is 2.56 bits per heavy atom. The van der Waals surface area contributed by atoms with Gasteiger partial charge in [0, 0.05) is 18.8 Å². The molecule has 2 aromatic heterocycles. The smallest absolute Gasteiger partial charge is 0.337 e. The van der Waals surface area contributed by atoms with Gasteiger partial charge in [0.1, 0.15) is 5.82 Å². The van der Waals surface area contributed by atoms with Crippen molar-refractivity contribution in [2.45, 2.75) is 13.8 Å². The van der Waals surface area contributed by atoms with Gasteiger partial charge in [-0.3, -0.25) is 4.68 Å². The zero-order valence-corrected chi connectivity index (χ0v) is 10.4. The minimum Gasteiger partial charge on any atom is -0.478 e. The number of hydrogen-bond donors (Lipinski definition) is 2. The van der Waals surface area contributed by atoms with Crippen molar-refractivity contribution in [1.82, 2.24) is 14.8 Å². The minimum absolute atomic E-state index is 0.206. The lowest BCUT2D eigenvalue weighted by Gasteiger charge is -2.05. The van der Waals surface area contributed by atoms with E-state index in [2.05, 4.69) is 15.4 Å². The van der Waals surface area contributed by atoms with Gasteiger partial charge in [-0.1, -0.05) is 0 Å². The van der Waals surface area contributed by atoms with Crippen LogP contribution in [0.5, 0.6) is 0 Å². The summed E-state index contributed by atoms with van der Waals surface area (Å²) in [4.78, 5) is 15.1. The van der Waals surface area contributed by atoms with Crippen LogP contribution in [0, 0.1) is 13.8 Å². The number of aromatic nitrogens is 3. The van der Waals surface area contributed by atoms with Gasteiger partial charge in [-0.25, -0.2) is 9.78 Å². The van der Waals surface area contributed by atoms with Crippen LogP contribution < -0.4 is 5.32 Å². The molecule has 0 unspecified atom stereocenters. The summed E-state index contributed by atoms with van der Waals surface area (Å²) in [5.41, 5.74) is 1.70. The Hall–Kier alpha value is -2.37. The SMILES string of the molecule is Cc1nc(Nc2cc(C)n(C)n2)ccc1C(=O)O. The summed E-state index contributed by atoms with van der Waals surface area (Å²) < 4.78 is 1.75. The third-order valence-electron chi connectivity index (χ3n) is 2.69. The molecule has 0 saturated heterocycles. The maximum absolute atomic E-state index is 10.9. The molecular formula is C12H14N4O2. The number of aromatic carboxylic acids is 1. The Morgan fingerprint density at radius 2 is 2.06 bits per heavy atom. The number of nitrogens with one attached hydrogen (secondary N) is 1. The van der Waals surface area contributed by atoms with Crippen molar-refractivity contribution >= 4 is 17.6 Å². The highest BCUT2D eigenvalue weighted by atomic mass is 16.4. The highest BCUT2D eigenvalue weighted by Crippen LogP contribution is 2.16. The lowest BCUT2D eigenvalue weighted by Crippen LogP contribution is -2.04. The van der Waals surface area contributed by atoms with Crippen molar-refractivity contribution in [2.75, 3.05) is 5.32 Å². The molecule has 0 aliphatic heterocycles. The van der Waals surface area contributed by atoms with E-state index < -0.39 is 5.97 Å². The third kappa shape index (κ3) is 2.32. The first-order chi connectivity index (χ1) is 8.47. The second-order valence-electron chi connectivity index (χ2n) is 4.05. The highest BCUT2D eigenvalue weighted by molar-refractivity contribution is 5.89. The van der Waals surface area contributed by atoms with E-state index in [4.69, 9.17) is 5.11 Å². The predicted octanol–water partition coefficient (Wildman–Crippen LogP) is 1.87. The first-order valence-electron chi connectivity index (χ1n) is 5.46. The van der Waals surface area contributed by atoms with E-state index in [1.165, 1.54) is 6.07 Å². The second kappa shape index (κ2) is 4.48. The van der Waals surface area contributed by atoms with Gasteiger partial charge in [-0.2, -0.15) is 5.10 Å². The minimum atomic E-state index is -0.972. The van der Waals surface area contributed by atoms with Crippen molar-refractivity contribution < 1.29 is 9.90 Å². The quantitative estimate of drug-likeness (QED) is 0.864. The average molecular weight is 246 g/mol. The number of anilines is 2. The number of hydrogen-bond acceptors (Lipinski definition) is 4. The Balaban J connectivity index is 2.25. The predicted molar refractivity (Wildman–Crippen MR) is 67.2 cm³/mol. The van der Waals surface area contributed by atoms with Crippen molar-refractivity contribution in [3.8, 4) is 0 Å². The van der Waals surface area contributed by atoms with Crippen molar-refractivity contribution in [2.24, 2.45) is 7.05 Å². The lowest BCUT2D eigenvalue weighted by molar-refractivity contribution is 0.0695. The van der Waals surface area contributed by atoms with E-state index in [0.717, 1.165) is 5.69 Å². The van der Waals surface area contributed by atoms with Gasteiger partial charge in [-0.15, -0.1) is 0 Å². The van der Waals surface area contributed by atoms with E-state index in [0.29, 0.717) is 17.3 Å². The van der Waals surface area contributed by atoms with Crippen LogP contribution in [0.2, 0.25) is 0 Å². The largest absolute Gasteiger partial charge is 0.478 e. The summed E-state index contributed by atoms with van der Waals surface area (Å²) >= 11 is 0. The molecule has 18 heavy (non-hydrogen) atoms. The van der Waals surface area contributed by atoms with Crippen LogP contribution in [0.15, 0.2) is 18.2 Å². The molecule has 0 spiro atoms. The van der Waals surface area contributed by atoms with E-state index >= 15 is 0 Å². The molecule has 0 aliphatic carbocycles. The van der Waals surface area contributed by atoms with Gasteiger partial charge in [0.2, 0.25) is 0 Å². The number of carbonyl (C=O) groups is 1. The third-order valence-corrected chi connectivity index (χ3v) is 2.69. The molecule has 0 fully saturated rings. The summed E-state index contributed by atoms with van der Waals surface area (Å²) in [6.07, 6.45) is 0. The maximum Gasteiger partial charge on any atom is 0.337 e. The van der Waals surface area contributed by atoms with Gasteiger partial charge in [0.25, 0.3) is 0 Å². The molecular weight excluding hydrogens is 232 g/mol. The van der Waals surface area contributed by atoms with Crippen molar-refractivity contribution in [3.05, 3.63) is 35.2 Å². The first-order valence-corrected chi connectivity index (χ1v) is 5.46. The average Bonchev–Trinajstić information content (AvgIpc) is 2.57. The number of carboxylic acids is 1. The summed E-state index contributed by atoms with van der Waals surface area (Å²) in [5, 5.41) is 16.2. The van der Waals surface area contributed by atoms with Gasteiger partial charge in [-0.05, 0) is 26.0 Å². The van der Waals surface area contributed by atoms with Crippen LogP contribution in [-0.4, -0.2) is 25.8 Å². The molecule has 2 N–H and O–H groups in total. The first kappa shape index (κ1) is 12.1. The Labute approximate surface area is 104 Å². The van der Waals surface area contributed by atoms with Crippen molar-refractivity contribution in [1.29, 1.82) is 0 Å². The normalized spacial score (nSPS) is 10.4. The standard InChI is InChI=1S/C12H14N4O2/c1-7-6-11(15-16(7)3)14-10-5-4-9(12(17)18)8(2)13-10/h4-6H,1-3H3,(H,17,18)(H,13,14,15). The van der Waals surface area contributed by atoms with E-state index in [1.807, 2.05) is 20.0 Å². The van der Waals surface area contributed by atoms with E-state index in [-0.39, 0.29) is 5.56 Å². The molecule has 2 rings (SSSR count). The van der Waals surface area contributed by atoms with Gasteiger partial charge in [0.05, 0.1) is 11.3 Å². The monoisotopic (exact) mass is 246 g/mol. The van der Waals surface area contributed by atoms with Crippen LogP contribution in [0.4, 0.5) is 11.6 Å². The molecule has 0 aliphatic rings. The summed E-state index contributed by atoms with van der Waals surface area (Å²) in [7, 11) is 1.85. The molecule has 2 heterocycles. The number of pyridine rings is 1.